The van der Waals surface area contributed by atoms with E-state index in [0.717, 1.165) is 0 Å². The molecule has 3 rings (SSSR count). The third-order valence-corrected chi connectivity index (χ3v) is 8.11. The lowest BCUT2D eigenvalue weighted by atomic mass is 10.2. The second-order valence-corrected chi connectivity index (χ2v) is 12.6. The van der Waals surface area contributed by atoms with Crippen LogP contribution in [0, 0.1) is 0 Å². The van der Waals surface area contributed by atoms with Crippen molar-refractivity contribution in [3.8, 4) is 0 Å². The van der Waals surface area contributed by atoms with Crippen molar-refractivity contribution >= 4 is 82.7 Å². The van der Waals surface area contributed by atoms with Crippen molar-refractivity contribution < 1.29 is 32.5 Å². The number of fused-ring (bicyclic) bond motifs is 2. The second-order valence-electron chi connectivity index (χ2n) is 5.21. The molecule has 0 radical (unpaired) electrons. The third-order valence-electron chi connectivity index (χ3n) is 3.55. The van der Waals surface area contributed by atoms with Crippen LogP contribution in [-0.4, -0.2) is 50.7 Å². The number of hydrogen-bond acceptors (Lipinski definition) is 8. The van der Waals surface area contributed by atoms with Crippen LogP contribution in [0.15, 0.2) is 0 Å². The largest absolute Gasteiger partial charge is 0.522 e. The molecule has 3 aliphatic heterocycles. The van der Waals surface area contributed by atoms with Gasteiger partial charge in [0.25, 0.3) is 0 Å². The van der Waals surface area contributed by atoms with Crippen LogP contribution in [0.2, 0.25) is 0 Å². The summed E-state index contributed by atoms with van der Waals surface area (Å²) < 4.78 is 34.0. The van der Waals surface area contributed by atoms with Crippen LogP contribution in [0.3, 0.4) is 0 Å². The van der Waals surface area contributed by atoms with Gasteiger partial charge in [-0.25, -0.2) is 0 Å². The van der Waals surface area contributed by atoms with E-state index in [2.05, 4.69) is 45.2 Å². The number of alkyl halides is 2. The van der Waals surface area contributed by atoms with Crippen molar-refractivity contribution in [1.82, 2.24) is 0 Å². The molecule has 0 aromatic heterocycles. The Bertz CT molecular complexity index is 516. The van der Waals surface area contributed by atoms with E-state index >= 15 is 0 Å². The van der Waals surface area contributed by atoms with Gasteiger partial charge in [0, 0.05) is 12.8 Å². The van der Waals surface area contributed by atoms with Crippen LogP contribution in [0.25, 0.3) is 0 Å². The Morgan fingerprint density at radius 2 is 1.61 bits per heavy atom. The number of hydrogen-bond donors (Lipinski definition) is 1. The summed E-state index contributed by atoms with van der Waals surface area (Å²) >= 11 is 14.7. The molecular formula is C10H15I2O7P2S2+. The number of ether oxygens (including phenoxy) is 2. The first-order chi connectivity index (χ1) is 10.8. The predicted molar refractivity (Wildman–Crippen MR) is 107 cm³/mol. The van der Waals surface area contributed by atoms with Crippen molar-refractivity contribution in [1.29, 1.82) is 0 Å². The second kappa shape index (κ2) is 8.57. The molecule has 0 amide bonds. The number of halogens is 2. The van der Waals surface area contributed by atoms with Gasteiger partial charge in [0.2, 0.25) is 11.8 Å². The Hall–Kier alpha value is 2.35. The average Bonchev–Trinajstić information content (AvgIpc) is 2.96. The van der Waals surface area contributed by atoms with Crippen LogP contribution >= 0.6 is 59.1 Å². The van der Waals surface area contributed by atoms with Gasteiger partial charge in [-0.3, -0.25) is 0 Å². The molecule has 2 unspecified atom stereocenters. The van der Waals surface area contributed by atoms with Crippen molar-refractivity contribution in [3.63, 3.8) is 0 Å². The SMILES string of the molecule is OP1(=S)OC[C@H]2O[C@@H](I)C[C@@H]2O[P+](=S)OC[C@H]2O[C@@H](I)C[C@@H]2O1. The molecule has 13 heteroatoms. The summed E-state index contributed by atoms with van der Waals surface area (Å²) in [6, 6.07) is 0. The minimum absolute atomic E-state index is 0.00492. The fourth-order valence-corrected chi connectivity index (χ4v) is 7.01. The summed E-state index contributed by atoms with van der Waals surface area (Å²) in [6.07, 6.45) is -0.0413. The summed E-state index contributed by atoms with van der Waals surface area (Å²) in [5.41, 5.74) is 0. The molecule has 3 saturated heterocycles. The molecular weight excluding hydrogens is 612 g/mol. The van der Waals surface area contributed by atoms with Gasteiger partial charge in [0.15, 0.2) is 0 Å². The van der Waals surface area contributed by atoms with Gasteiger partial charge in [0.1, 0.15) is 33.1 Å². The van der Waals surface area contributed by atoms with Gasteiger partial charge in [-0.2, -0.15) is 0 Å². The molecule has 0 bridgehead atoms. The van der Waals surface area contributed by atoms with Crippen LogP contribution in [0.1, 0.15) is 12.8 Å². The highest BCUT2D eigenvalue weighted by Gasteiger charge is 2.44. The normalized spacial score (nSPS) is 50.7. The zero-order chi connectivity index (χ0) is 16.6. The average molecular weight is 627 g/mol. The Balaban J connectivity index is 1.74. The maximum Gasteiger partial charge on any atom is 0.522 e. The first kappa shape index (κ1) is 20.1. The molecule has 23 heavy (non-hydrogen) atoms. The van der Waals surface area contributed by atoms with Crippen molar-refractivity contribution in [2.75, 3.05) is 13.2 Å². The summed E-state index contributed by atoms with van der Waals surface area (Å²) in [5.74, 6) is 0. The maximum absolute atomic E-state index is 10.3. The molecule has 3 aliphatic rings. The van der Waals surface area contributed by atoms with E-state index in [1.807, 2.05) is 0 Å². The summed E-state index contributed by atoms with van der Waals surface area (Å²) in [5, 5.41) is 0. The minimum atomic E-state index is -3.38. The predicted octanol–water partition coefficient (Wildman–Crippen LogP) is 2.89. The van der Waals surface area contributed by atoms with Crippen LogP contribution < -0.4 is 0 Å². The van der Waals surface area contributed by atoms with Gasteiger partial charge >= 0.3 is 13.9 Å². The molecule has 7 nitrogen and oxygen atoms in total. The van der Waals surface area contributed by atoms with Crippen molar-refractivity contribution in [3.05, 3.63) is 0 Å². The Kier molecular flexibility index (Phi) is 7.49. The fourth-order valence-electron chi connectivity index (χ4n) is 2.49. The zero-order valence-electron chi connectivity index (χ0n) is 11.7. The quantitative estimate of drug-likeness (QED) is 0.248. The lowest BCUT2D eigenvalue weighted by Crippen LogP contribution is -2.31. The summed E-state index contributed by atoms with van der Waals surface area (Å²) in [7, 11) is -1.47. The Labute approximate surface area is 172 Å². The maximum atomic E-state index is 10.3. The van der Waals surface area contributed by atoms with Crippen LogP contribution in [0.5, 0.6) is 0 Å². The van der Waals surface area contributed by atoms with Gasteiger partial charge in [-0.05, 0) is 11.8 Å². The Morgan fingerprint density at radius 3 is 2.30 bits per heavy atom. The van der Waals surface area contributed by atoms with E-state index in [1.54, 1.807) is 0 Å². The molecule has 1 N–H and O–H groups in total. The highest BCUT2D eigenvalue weighted by atomic mass is 127. The van der Waals surface area contributed by atoms with Gasteiger partial charge in [-0.1, -0.05) is 45.2 Å². The minimum Gasteiger partial charge on any atom is -0.359 e. The standard InChI is InChI=1S/C10H14I2O7P2S2/c11-9-1-5-8(17-9)4-15-21(13,23)19-6-2-10(12)16-7(6)3-14-20(22)18-5/h5-10H,1-4H2/p+1/t5-,6-,7+,8+,9+,10+,21?/m0/s1. The highest BCUT2D eigenvalue weighted by Crippen LogP contribution is 2.49. The van der Waals surface area contributed by atoms with E-state index in [9.17, 15) is 4.89 Å². The van der Waals surface area contributed by atoms with E-state index in [-0.39, 0.29) is 45.9 Å². The number of rotatable bonds is 0. The van der Waals surface area contributed by atoms with Crippen molar-refractivity contribution in [2.24, 2.45) is 0 Å². The fraction of sp³-hybridized carbons (Fsp3) is 1.00. The molecule has 0 aliphatic carbocycles. The molecule has 3 heterocycles. The molecule has 132 valence electrons. The molecule has 3 fully saturated rings. The van der Waals surface area contributed by atoms with E-state index < -0.39 is 13.9 Å². The zero-order valence-corrected chi connectivity index (χ0v) is 19.4. The Morgan fingerprint density at radius 1 is 1.00 bits per heavy atom. The molecule has 0 spiro atoms. The summed E-state index contributed by atoms with van der Waals surface area (Å²) in [6.45, 7) is -3.05. The highest BCUT2D eigenvalue weighted by molar-refractivity contribution is 14.1. The van der Waals surface area contributed by atoms with Gasteiger partial charge < -0.3 is 23.4 Å². The van der Waals surface area contributed by atoms with E-state index in [4.69, 9.17) is 51.2 Å². The lowest BCUT2D eigenvalue weighted by molar-refractivity contribution is -0.0167. The first-order valence-corrected chi connectivity index (χ1v) is 14.1. The van der Waals surface area contributed by atoms with Crippen molar-refractivity contribution in [2.45, 2.75) is 45.5 Å². The molecule has 0 aromatic carbocycles. The topological polar surface area (TPSA) is 75.6 Å². The van der Waals surface area contributed by atoms with E-state index in [0.29, 0.717) is 12.8 Å². The first-order valence-electron chi connectivity index (χ1n) is 6.84. The summed E-state index contributed by atoms with van der Waals surface area (Å²) in [4.78, 5) is 10.3. The van der Waals surface area contributed by atoms with Gasteiger partial charge in [0.05, 0.1) is 12.7 Å². The van der Waals surface area contributed by atoms with E-state index in [1.165, 1.54) is 0 Å². The van der Waals surface area contributed by atoms with Gasteiger partial charge in [-0.15, -0.1) is 9.05 Å². The molecule has 8 atom stereocenters. The molecule has 0 aromatic rings. The van der Waals surface area contributed by atoms with Crippen LogP contribution in [0.4, 0.5) is 0 Å². The monoisotopic (exact) mass is 627 g/mol. The van der Waals surface area contributed by atoms with Crippen LogP contribution in [-0.2, 0) is 51.2 Å². The lowest BCUT2D eigenvalue weighted by Gasteiger charge is -2.25. The smallest absolute Gasteiger partial charge is 0.359 e. The molecule has 0 saturated carbocycles. The third kappa shape index (κ3) is 5.66.